The van der Waals surface area contributed by atoms with Crippen LogP contribution in [0.3, 0.4) is 0 Å². The van der Waals surface area contributed by atoms with E-state index in [0.29, 0.717) is 6.42 Å². The molecule has 1 unspecified atom stereocenters. The first kappa shape index (κ1) is 24.9. The number of alkyl halides is 1. The number of carbonyl (C=O) groups is 3. The van der Waals surface area contributed by atoms with Gasteiger partial charge in [-0.15, -0.1) is 18.2 Å². The normalized spacial score (nSPS) is 27.9. The summed E-state index contributed by atoms with van der Waals surface area (Å²) in [6.07, 6.45) is 3.00. The molecule has 4 atom stereocenters. The van der Waals surface area contributed by atoms with Crippen LogP contribution in [-0.4, -0.2) is 63.2 Å². The summed E-state index contributed by atoms with van der Waals surface area (Å²) in [7, 11) is 1.25. The molecule has 1 amide bonds. The van der Waals surface area contributed by atoms with Gasteiger partial charge in [-0.3, -0.25) is 14.4 Å². The largest absolute Gasteiger partial charge is 0.469 e. The van der Waals surface area contributed by atoms with Crippen molar-refractivity contribution in [1.29, 1.82) is 0 Å². The second-order valence-electron chi connectivity index (χ2n) is 7.03. The molecule has 0 spiro atoms. The Bertz CT molecular complexity index is 585. The fraction of sp³-hybridized carbons (Fsp3) is 0.737. The summed E-state index contributed by atoms with van der Waals surface area (Å²) in [5.41, 5.74) is -3.69. The molecule has 1 aliphatic heterocycles. The van der Waals surface area contributed by atoms with E-state index >= 15 is 0 Å². The Morgan fingerprint density at radius 3 is 2.71 bits per heavy atom. The number of hydrogen-bond acceptors (Lipinski definition) is 7. The van der Waals surface area contributed by atoms with Crippen molar-refractivity contribution in [2.24, 2.45) is 5.92 Å². The third kappa shape index (κ3) is 5.28. The van der Waals surface area contributed by atoms with Gasteiger partial charge < -0.3 is 20.3 Å². The lowest BCUT2D eigenvalue weighted by Crippen LogP contribution is -2.68. The fourth-order valence-electron chi connectivity index (χ4n) is 3.56. The van der Waals surface area contributed by atoms with Gasteiger partial charge in [-0.1, -0.05) is 24.3 Å². The number of halogens is 1. The fourth-order valence-corrected chi connectivity index (χ4v) is 4.85. The first-order valence-electron chi connectivity index (χ1n) is 9.32. The average molecular weight is 436 g/mol. The first-order valence-corrected chi connectivity index (χ1v) is 10.8. The molecule has 160 valence electrons. The van der Waals surface area contributed by atoms with E-state index in [1.165, 1.54) is 14.0 Å². The van der Waals surface area contributed by atoms with Crippen LogP contribution < -0.4 is 5.32 Å². The summed E-state index contributed by atoms with van der Waals surface area (Å²) in [6, 6.07) is 0. The number of ether oxygens (including phenoxy) is 1. The summed E-state index contributed by atoms with van der Waals surface area (Å²) in [6.45, 7) is 5.03. The van der Waals surface area contributed by atoms with Gasteiger partial charge in [0.25, 0.3) is 0 Å². The number of thioether (sulfide) groups is 1. The standard InChI is InChI=1S/C19H30ClNO6S/c1-4-5-6-7-8-14(22)19(17(25)28-12-10-15(23)27-3)18(2,26)13(9-11-20)16(24)21-19/h4,13-14,22,26H,1,5-12H2,2-3H3,(H,21,24)/t13-,14?,18-,19-/m0/s1. The van der Waals surface area contributed by atoms with Crippen molar-refractivity contribution in [2.75, 3.05) is 18.7 Å². The van der Waals surface area contributed by atoms with E-state index in [1.807, 2.05) is 0 Å². The topological polar surface area (TPSA) is 113 Å². The number of aliphatic hydroxyl groups excluding tert-OH is 1. The predicted molar refractivity (Wildman–Crippen MR) is 109 cm³/mol. The Balaban J connectivity index is 3.09. The smallest absolute Gasteiger partial charge is 0.306 e. The Morgan fingerprint density at radius 1 is 1.46 bits per heavy atom. The molecule has 0 saturated carbocycles. The second kappa shape index (κ2) is 11.2. The van der Waals surface area contributed by atoms with E-state index in [-0.39, 0.29) is 30.9 Å². The van der Waals surface area contributed by atoms with Crippen molar-refractivity contribution in [3.05, 3.63) is 12.7 Å². The lowest BCUT2D eigenvalue weighted by atomic mass is 9.72. The number of allylic oxidation sites excluding steroid dienone is 1. The lowest BCUT2D eigenvalue weighted by molar-refractivity contribution is -0.140. The van der Waals surface area contributed by atoms with Gasteiger partial charge in [-0.05, 0) is 32.6 Å². The zero-order valence-electron chi connectivity index (χ0n) is 16.4. The SMILES string of the molecule is C=CCCCCC(O)[C@@]1(C(=O)SCCC(=O)OC)NC(=O)[C@H](CCCl)[C@]1(C)O. The van der Waals surface area contributed by atoms with E-state index in [4.69, 9.17) is 11.6 Å². The number of hydrogen-bond donors (Lipinski definition) is 3. The summed E-state index contributed by atoms with van der Waals surface area (Å²) in [5, 5.41) is 24.1. The van der Waals surface area contributed by atoms with Gasteiger partial charge in [0.2, 0.25) is 11.0 Å². The van der Waals surface area contributed by atoms with Crippen LogP contribution >= 0.6 is 23.4 Å². The Kier molecular flexibility index (Phi) is 9.97. The van der Waals surface area contributed by atoms with Crippen molar-refractivity contribution in [1.82, 2.24) is 5.32 Å². The molecular formula is C19H30ClNO6S. The van der Waals surface area contributed by atoms with Crippen LogP contribution in [0.15, 0.2) is 12.7 Å². The van der Waals surface area contributed by atoms with E-state index in [0.717, 1.165) is 24.6 Å². The monoisotopic (exact) mass is 435 g/mol. The molecule has 1 fully saturated rings. The van der Waals surface area contributed by atoms with Crippen LogP contribution in [0.1, 0.15) is 45.4 Å². The van der Waals surface area contributed by atoms with Gasteiger partial charge in [0, 0.05) is 11.6 Å². The minimum Gasteiger partial charge on any atom is -0.469 e. The van der Waals surface area contributed by atoms with Crippen molar-refractivity contribution >= 4 is 40.4 Å². The minimum absolute atomic E-state index is 0.000382. The van der Waals surface area contributed by atoms with Crippen molar-refractivity contribution < 1.29 is 29.3 Å². The summed E-state index contributed by atoms with van der Waals surface area (Å²) in [5.74, 6) is -1.66. The number of carbonyl (C=O) groups excluding carboxylic acids is 3. The number of nitrogens with one attached hydrogen (secondary N) is 1. The van der Waals surface area contributed by atoms with Crippen LogP contribution in [-0.2, 0) is 19.1 Å². The maximum atomic E-state index is 13.1. The van der Waals surface area contributed by atoms with Crippen LogP contribution in [0, 0.1) is 5.92 Å². The van der Waals surface area contributed by atoms with Gasteiger partial charge in [0.05, 0.1) is 25.6 Å². The molecule has 0 aliphatic carbocycles. The molecule has 28 heavy (non-hydrogen) atoms. The zero-order chi connectivity index (χ0) is 21.4. The molecule has 0 aromatic heterocycles. The maximum absolute atomic E-state index is 13.1. The van der Waals surface area contributed by atoms with Crippen molar-refractivity contribution in [2.45, 2.75) is 62.7 Å². The molecule has 3 N–H and O–H groups in total. The highest BCUT2D eigenvalue weighted by molar-refractivity contribution is 8.13. The van der Waals surface area contributed by atoms with Gasteiger partial charge >= 0.3 is 5.97 Å². The molecule has 0 radical (unpaired) electrons. The number of amides is 1. The third-order valence-corrected chi connectivity index (χ3v) is 6.45. The average Bonchev–Trinajstić information content (AvgIpc) is 2.86. The van der Waals surface area contributed by atoms with Gasteiger partial charge in [0.1, 0.15) is 5.60 Å². The van der Waals surface area contributed by atoms with Crippen LogP contribution in [0.2, 0.25) is 0 Å². The maximum Gasteiger partial charge on any atom is 0.306 e. The second-order valence-corrected chi connectivity index (χ2v) is 8.47. The molecule has 9 heteroatoms. The Labute approximate surface area is 175 Å². The van der Waals surface area contributed by atoms with E-state index < -0.39 is 40.2 Å². The highest BCUT2D eigenvalue weighted by Crippen LogP contribution is 2.44. The minimum atomic E-state index is -1.87. The molecule has 1 rings (SSSR count). The molecule has 0 bridgehead atoms. The van der Waals surface area contributed by atoms with E-state index in [1.54, 1.807) is 6.08 Å². The summed E-state index contributed by atoms with van der Waals surface area (Å²) < 4.78 is 4.56. The summed E-state index contributed by atoms with van der Waals surface area (Å²) in [4.78, 5) is 36.9. The molecule has 1 saturated heterocycles. The van der Waals surface area contributed by atoms with Crippen LogP contribution in [0.4, 0.5) is 0 Å². The molecular weight excluding hydrogens is 406 g/mol. The first-order chi connectivity index (χ1) is 13.2. The molecule has 0 aromatic rings. The number of unbranched alkanes of at least 4 members (excludes halogenated alkanes) is 2. The zero-order valence-corrected chi connectivity index (χ0v) is 18.0. The molecule has 0 aromatic carbocycles. The number of methoxy groups -OCH3 is 1. The van der Waals surface area contributed by atoms with E-state index in [9.17, 15) is 24.6 Å². The highest BCUT2D eigenvalue weighted by Gasteiger charge is 2.67. The number of esters is 1. The quantitative estimate of drug-likeness (QED) is 0.185. The lowest BCUT2D eigenvalue weighted by Gasteiger charge is -2.42. The van der Waals surface area contributed by atoms with Crippen molar-refractivity contribution in [3.63, 3.8) is 0 Å². The van der Waals surface area contributed by atoms with Gasteiger partial charge in [-0.25, -0.2) is 0 Å². The number of aliphatic hydroxyl groups is 2. The molecule has 7 nitrogen and oxygen atoms in total. The number of rotatable bonds is 12. The highest BCUT2D eigenvalue weighted by atomic mass is 35.5. The van der Waals surface area contributed by atoms with Crippen LogP contribution in [0.25, 0.3) is 0 Å². The van der Waals surface area contributed by atoms with Gasteiger partial charge in [0.15, 0.2) is 5.54 Å². The van der Waals surface area contributed by atoms with Crippen molar-refractivity contribution in [3.8, 4) is 0 Å². The third-order valence-electron chi connectivity index (χ3n) is 5.24. The predicted octanol–water partition coefficient (Wildman–Crippen LogP) is 1.78. The molecule has 1 aliphatic rings. The van der Waals surface area contributed by atoms with E-state index in [2.05, 4.69) is 16.6 Å². The van der Waals surface area contributed by atoms with Gasteiger partial charge in [-0.2, -0.15) is 0 Å². The van der Waals surface area contributed by atoms with Crippen LogP contribution in [0.5, 0.6) is 0 Å². The molecule has 1 heterocycles. The Hall–Kier alpha value is -1.09. The Morgan fingerprint density at radius 2 is 2.14 bits per heavy atom. The summed E-state index contributed by atoms with van der Waals surface area (Å²) >= 11 is 6.56.